The van der Waals surface area contributed by atoms with Crippen molar-refractivity contribution in [3.63, 3.8) is 0 Å². The average molecular weight is 573 g/mol. The van der Waals surface area contributed by atoms with E-state index in [1.165, 1.54) is 13.4 Å². The fourth-order valence-electron chi connectivity index (χ4n) is 7.25. The van der Waals surface area contributed by atoms with E-state index in [2.05, 4.69) is 9.88 Å². The topological polar surface area (TPSA) is 180 Å². The van der Waals surface area contributed by atoms with Crippen molar-refractivity contribution in [3.05, 3.63) is 47.4 Å². The van der Waals surface area contributed by atoms with Gasteiger partial charge in [-0.2, -0.15) is 0 Å². The molecule has 0 amide bonds. The smallest absolute Gasteiger partial charge is 0.337 e. The van der Waals surface area contributed by atoms with Crippen LogP contribution in [0.5, 0.6) is 0 Å². The molecule has 13 heteroatoms. The van der Waals surface area contributed by atoms with Crippen LogP contribution >= 0.6 is 0 Å². The lowest BCUT2D eigenvalue weighted by molar-refractivity contribution is -0.345. The minimum atomic E-state index is -1.66. The highest BCUT2D eigenvalue weighted by Gasteiger charge is 2.57. The molecule has 5 aliphatic rings. The molecule has 0 spiro atoms. The molecule has 3 saturated heterocycles. The first-order chi connectivity index (χ1) is 19.8. The van der Waals surface area contributed by atoms with Crippen molar-refractivity contribution in [1.82, 2.24) is 9.88 Å². The largest absolute Gasteiger partial charge is 0.471 e. The maximum absolute atomic E-state index is 13.5. The molecule has 0 radical (unpaired) electrons. The number of nitrogens with zero attached hydrogens (tertiary/aromatic N) is 1. The van der Waals surface area contributed by atoms with Crippen molar-refractivity contribution < 1.29 is 53.7 Å². The fraction of sp³-hybridized carbons (Fsp3) is 0.571. The van der Waals surface area contributed by atoms with Crippen LogP contribution in [0.2, 0.25) is 0 Å². The summed E-state index contributed by atoms with van der Waals surface area (Å²) in [5.41, 5.74) is 3.25. The fourth-order valence-corrected chi connectivity index (χ4v) is 7.25. The predicted octanol–water partition coefficient (Wildman–Crippen LogP) is -0.773. The molecule has 5 N–H and O–H groups in total. The van der Waals surface area contributed by atoms with Crippen molar-refractivity contribution >= 4 is 22.8 Å². The molecule has 2 bridgehead atoms. The molecule has 0 aliphatic carbocycles. The molecule has 0 unspecified atom stereocenters. The van der Waals surface area contributed by atoms with Crippen molar-refractivity contribution in [2.24, 2.45) is 11.8 Å². The van der Waals surface area contributed by atoms with E-state index in [1.807, 2.05) is 24.3 Å². The van der Waals surface area contributed by atoms with Crippen molar-refractivity contribution in [1.29, 1.82) is 0 Å². The summed E-state index contributed by atoms with van der Waals surface area (Å²) in [5, 5.41) is 41.7. The summed E-state index contributed by atoms with van der Waals surface area (Å²) >= 11 is 0. The van der Waals surface area contributed by atoms with Gasteiger partial charge in [-0.3, -0.25) is 9.69 Å². The lowest BCUT2D eigenvalue weighted by Crippen LogP contribution is -2.61. The molecule has 220 valence electrons. The Bertz CT molecular complexity index is 1390. The van der Waals surface area contributed by atoms with E-state index >= 15 is 0 Å². The highest BCUT2D eigenvalue weighted by molar-refractivity contribution is 5.89. The van der Waals surface area contributed by atoms with Crippen LogP contribution in [-0.2, 0) is 39.7 Å². The summed E-state index contributed by atoms with van der Waals surface area (Å²) in [5.74, 6) is -2.24. The number of hydrogen-bond acceptors (Lipinski definition) is 12. The van der Waals surface area contributed by atoms with Gasteiger partial charge in [0.1, 0.15) is 36.6 Å². The van der Waals surface area contributed by atoms with Crippen LogP contribution < -0.4 is 0 Å². The van der Waals surface area contributed by atoms with Gasteiger partial charge in [0.25, 0.3) is 0 Å². The molecule has 5 aliphatic heterocycles. The Hall–Kier alpha value is -3.04. The van der Waals surface area contributed by atoms with Gasteiger partial charge in [-0.25, -0.2) is 4.79 Å². The first kappa shape index (κ1) is 26.8. The number of carbonyl (C=O) groups excluding carboxylic acids is 2. The first-order valence-corrected chi connectivity index (χ1v) is 13.8. The molecule has 1 aromatic carbocycles. The van der Waals surface area contributed by atoms with Gasteiger partial charge < -0.3 is 49.1 Å². The minimum absolute atomic E-state index is 0.249. The van der Waals surface area contributed by atoms with Gasteiger partial charge >= 0.3 is 11.9 Å². The summed E-state index contributed by atoms with van der Waals surface area (Å²) in [6.45, 7) is -0.275. The third-order valence-electron chi connectivity index (χ3n) is 9.26. The van der Waals surface area contributed by atoms with Gasteiger partial charge in [0.2, 0.25) is 6.29 Å². The second kappa shape index (κ2) is 10.1. The van der Waals surface area contributed by atoms with Gasteiger partial charge in [-0.05, 0) is 18.1 Å². The molecular weight excluding hydrogens is 540 g/mol. The number of hydrogen-bond donors (Lipinski definition) is 5. The Balaban J connectivity index is 1.28. The monoisotopic (exact) mass is 572 g/mol. The Morgan fingerprint density at radius 1 is 1.12 bits per heavy atom. The molecule has 2 aromatic rings. The standard InChI is InChI=1S/C28H32N2O11/c1-37-25(35)14-10-38-27(41-28-24(34)23(33)22(32)19(9-31)40-28)20-12(14)6-16-21-13(11-4-2-3-5-15(11)29-21)7-17-26(36)39-18(20)8-30(16)17/h2-5,10,12,16-20,22-24,27-29,31-34H,6-9H2,1H3/t12-,16+,17+,18-,19-,20+,22-,23+,24-,27+,28+/m1/s1. The number of nitrogens with one attached hydrogen (secondary N) is 1. The van der Waals surface area contributed by atoms with Crippen LogP contribution in [0.1, 0.15) is 23.7 Å². The second-order valence-electron chi connectivity index (χ2n) is 11.3. The molecular formula is C28H32N2O11. The van der Waals surface area contributed by atoms with Gasteiger partial charge in [-0.15, -0.1) is 0 Å². The zero-order valence-corrected chi connectivity index (χ0v) is 22.2. The molecule has 7 rings (SSSR count). The maximum Gasteiger partial charge on any atom is 0.337 e. The lowest BCUT2D eigenvalue weighted by atomic mass is 9.77. The highest BCUT2D eigenvalue weighted by Crippen LogP contribution is 2.51. The summed E-state index contributed by atoms with van der Waals surface area (Å²) in [7, 11) is 1.28. The third kappa shape index (κ3) is 4.10. The molecule has 41 heavy (non-hydrogen) atoms. The number of rotatable bonds is 4. The molecule has 11 atom stereocenters. The Morgan fingerprint density at radius 2 is 1.93 bits per heavy atom. The van der Waals surface area contributed by atoms with Gasteiger partial charge in [-0.1, -0.05) is 18.2 Å². The molecule has 13 nitrogen and oxygen atoms in total. The Morgan fingerprint density at radius 3 is 2.71 bits per heavy atom. The normalized spacial score (nSPS) is 40.0. The number of aromatic amines is 1. The minimum Gasteiger partial charge on any atom is -0.471 e. The Labute approximate surface area is 234 Å². The van der Waals surface area contributed by atoms with Crippen LogP contribution in [0, 0.1) is 11.8 Å². The SMILES string of the molecule is COC(=O)C1=CO[C@@H](O[C@@H]2O[C@H](CO)[C@@H](O)[C@H](O)[C@H]2O)[C@H]2[C@@H]1C[C@H]1c3[nH]c4ccccc4c3C[C@H]3C(=O)O[C@@H]2CN31. The second-order valence-corrected chi connectivity index (χ2v) is 11.3. The van der Waals surface area contributed by atoms with E-state index in [0.29, 0.717) is 19.4 Å². The summed E-state index contributed by atoms with van der Waals surface area (Å²) in [4.78, 5) is 32.1. The van der Waals surface area contributed by atoms with Crippen molar-refractivity contribution in [3.8, 4) is 0 Å². The number of aliphatic hydroxyl groups is 4. The van der Waals surface area contributed by atoms with Crippen LogP contribution in [0.3, 0.4) is 0 Å². The number of benzene rings is 1. The summed E-state index contributed by atoms with van der Waals surface area (Å²) in [6, 6.07) is 7.17. The third-order valence-corrected chi connectivity index (χ3v) is 9.26. The zero-order valence-electron chi connectivity index (χ0n) is 22.2. The number of esters is 2. The highest BCUT2D eigenvalue weighted by atomic mass is 16.8. The number of aromatic nitrogens is 1. The molecule has 3 fully saturated rings. The van der Waals surface area contributed by atoms with Crippen LogP contribution in [-0.4, -0.2) is 112 Å². The zero-order chi connectivity index (χ0) is 28.6. The summed E-state index contributed by atoms with van der Waals surface area (Å²) < 4.78 is 28.6. The number of carbonyl (C=O) groups is 2. The van der Waals surface area contributed by atoms with Crippen LogP contribution in [0.25, 0.3) is 10.9 Å². The van der Waals surface area contributed by atoms with Crippen molar-refractivity contribution in [2.75, 3.05) is 20.3 Å². The number of methoxy groups -OCH3 is 1. The van der Waals surface area contributed by atoms with Crippen LogP contribution in [0.15, 0.2) is 36.1 Å². The van der Waals surface area contributed by atoms with E-state index in [1.54, 1.807) is 0 Å². The van der Waals surface area contributed by atoms with E-state index in [-0.39, 0.29) is 17.6 Å². The molecule has 1 aromatic heterocycles. The maximum atomic E-state index is 13.5. The lowest BCUT2D eigenvalue weighted by Gasteiger charge is -2.46. The van der Waals surface area contributed by atoms with E-state index < -0.39 is 73.6 Å². The number of para-hydroxylation sites is 1. The van der Waals surface area contributed by atoms with E-state index in [4.69, 9.17) is 23.7 Å². The van der Waals surface area contributed by atoms with E-state index in [0.717, 1.165) is 22.2 Å². The number of aliphatic hydroxyl groups excluding tert-OH is 4. The Kier molecular flexibility index (Phi) is 6.58. The average Bonchev–Trinajstić information content (AvgIpc) is 3.28. The van der Waals surface area contributed by atoms with Gasteiger partial charge in [0.05, 0.1) is 37.5 Å². The van der Waals surface area contributed by atoms with Gasteiger partial charge in [0.15, 0.2) is 6.29 Å². The number of H-pyrrole nitrogens is 1. The predicted molar refractivity (Wildman–Crippen MR) is 137 cm³/mol. The van der Waals surface area contributed by atoms with Crippen LogP contribution in [0.4, 0.5) is 0 Å². The summed E-state index contributed by atoms with van der Waals surface area (Å²) in [6.07, 6.45) is -7.30. The number of morpholine rings is 1. The number of ether oxygens (including phenoxy) is 5. The van der Waals surface area contributed by atoms with E-state index in [9.17, 15) is 30.0 Å². The quantitative estimate of drug-likeness (QED) is 0.289. The van der Waals surface area contributed by atoms with Gasteiger partial charge in [0, 0.05) is 35.5 Å². The first-order valence-electron chi connectivity index (χ1n) is 13.8. The molecule has 0 saturated carbocycles. The number of fused-ring (bicyclic) bond motifs is 7. The van der Waals surface area contributed by atoms with Crippen molar-refractivity contribution in [2.45, 2.75) is 68.0 Å². The molecule has 6 heterocycles.